The summed E-state index contributed by atoms with van der Waals surface area (Å²) in [5.74, 6) is 0.869. The first kappa shape index (κ1) is 12.4. The van der Waals surface area contributed by atoms with Gasteiger partial charge in [-0.05, 0) is 18.6 Å². The first-order valence-electron chi connectivity index (χ1n) is 6.22. The predicted octanol–water partition coefficient (Wildman–Crippen LogP) is 2.96. The highest BCUT2D eigenvalue weighted by Crippen LogP contribution is 2.25. The minimum absolute atomic E-state index is 0.314. The van der Waals surface area contributed by atoms with E-state index in [1.807, 2.05) is 29.8 Å². The summed E-state index contributed by atoms with van der Waals surface area (Å²) in [6.45, 7) is 1.84. The number of fused-ring (bicyclic) bond motifs is 1. The molecular formula is C14H14FN5. The van der Waals surface area contributed by atoms with Crippen LogP contribution in [0.25, 0.3) is 5.65 Å². The highest BCUT2D eigenvalue weighted by molar-refractivity contribution is 5.73. The number of halogens is 1. The lowest BCUT2D eigenvalue weighted by Crippen LogP contribution is -2.04. The second kappa shape index (κ2) is 4.80. The van der Waals surface area contributed by atoms with E-state index in [1.54, 1.807) is 19.3 Å². The third kappa shape index (κ3) is 2.05. The van der Waals surface area contributed by atoms with Crippen molar-refractivity contribution in [2.45, 2.75) is 6.92 Å². The van der Waals surface area contributed by atoms with Gasteiger partial charge in [0.05, 0.1) is 11.9 Å². The number of hydrogen-bond donors (Lipinski definition) is 2. The fourth-order valence-electron chi connectivity index (χ4n) is 2.04. The summed E-state index contributed by atoms with van der Waals surface area (Å²) in [7, 11) is 1.78. The topological polar surface area (TPSA) is 54.2 Å². The summed E-state index contributed by atoms with van der Waals surface area (Å²) in [6, 6.07) is 4.94. The Morgan fingerprint density at radius 3 is 2.90 bits per heavy atom. The maximum absolute atomic E-state index is 13.9. The molecule has 0 aliphatic heterocycles. The highest BCUT2D eigenvalue weighted by Gasteiger charge is 2.11. The number of aromatic nitrogens is 3. The van der Waals surface area contributed by atoms with E-state index < -0.39 is 0 Å². The lowest BCUT2D eigenvalue weighted by molar-refractivity contribution is 0.631. The molecule has 0 saturated heterocycles. The van der Waals surface area contributed by atoms with Crippen LogP contribution >= 0.6 is 0 Å². The molecule has 2 aromatic heterocycles. The zero-order valence-corrected chi connectivity index (χ0v) is 11.2. The van der Waals surface area contributed by atoms with Gasteiger partial charge in [-0.1, -0.05) is 12.1 Å². The van der Waals surface area contributed by atoms with E-state index in [-0.39, 0.29) is 5.82 Å². The van der Waals surface area contributed by atoms with Gasteiger partial charge >= 0.3 is 0 Å². The third-order valence-corrected chi connectivity index (χ3v) is 3.10. The Hall–Kier alpha value is -2.63. The molecular weight excluding hydrogens is 257 g/mol. The van der Waals surface area contributed by atoms with Gasteiger partial charge in [0.2, 0.25) is 0 Å². The lowest BCUT2D eigenvalue weighted by Gasteiger charge is -2.12. The molecule has 0 amide bonds. The van der Waals surface area contributed by atoms with Crippen molar-refractivity contribution >= 4 is 23.0 Å². The van der Waals surface area contributed by atoms with Crippen LogP contribution in [0.15, 0.2) is 36.8 Å². The number of nitrogens with one attached hydrogen (secondary N) is 2. The third-order valence-electron chi connectivity index (χ3n) is 3.10. The standard InChI is InChI=1S/C14H14FN5/c1-9-4-3-5-10(15)12(9)19-13-14-17-6-7-20(14)8-11(16-2)18-13/h3-8,16H,1-2H3,(H,18,19). The molecule has 5 nitrogen and oxygen atoms in total. The van der Waals surface area contributed by atoms with Gasteiger partial charge in [0.25, 0.3) is 0 Å². The van der Waals surface area contributed by atoms with Crippen LogP contribution in [0.3, 0.4) is 0 Å². The number of aryl methyl sites for hydroxylation is 1. The van der Waals surface area contributed by atoms with Crippen LogP contribution in [-0.2, 0) is 0 Å². The predicted molar refractivity (Wildman–Crippen MR) is 77.0 cm³/mol. The molecule has 102 valence electrons. The van der Waals surface area contributed by atoms with Crippen molar-refractivity contribution in [1.82, 2.24) is 14.4 Å². The van der Waals surface area contributed by atoms with E-state index in [4.69, 9.17) is 0 Å². The second-order valence-electron chi connectivity index (χ2n) is 4.44. The zero-order valence-electron chi connectivity index (χ0n) is 11.2. The fraction of sp³-hybridized carbons (Fsp3) is 0.143. The molecule has 0 radical (unpaired) electrons. The van der Waals surface area contributed by atoms with E-state index in [9.17, 15) is 4.39 Å². The molecule has 0 saturated carbocycles. The van der Waals surface area contributed by atoms with Crippen LogP contribution in [0.2, 0.25) is 0 Å². The minimum Gasteiger partial charge on any atom is -0.372 e. The molecule has 0 fully saturated rings. The summed E-state index contributed by atoms with van der Waals surface area (Å²) >= 11 is 0. The van der Waals surface area contributed by atoms with E-state index in [0.717, 1.165) is 5.56 Å². The van der Waals surface area contributed by atoms with E-state index in [1.165, 1.54) is 6.07 Å². The van der Waals surface area contributed by atoms with Crippen molar-refractivity contribution in [1.29, 1.82) is 0 Å². The fourth-order valence-corrected chi connectivity index (χ4v) is 2.04. The maximum Gasteiger partial charge on any atom is 0.180 e. The van der Waals surface area contributed by atoms with Crippen molar-refractivity contribution in [3.63, 3.8) is 0 Å². The van der Waals surface area contributed by atoms with Crippen LogP contribution in [-0.4, -0.2) is 21.4 Å². The van der Waals surface area contributed by atoms with Gasteiger partial charge in [-0.15, -0.1) is 0 Å². The average Bonchev–Trinajstić information content (AvgIpc) is 2.91. The molecule has 3 rings (SSSR count). The van der Waals surface area contributed by atoms with Crippen LogP contribution in [0.1, 0.15) is 5.56 Å². The van der Waals surface area contributed by atoms with Gasteiger partial charge in [-0.3, -0.25) is 0 Å². The SMILES string of the molecule is CNc1cn2ccnc2c(Nc2c(C)cccc2F)n1. The van der Waals surface area contributed by atoms with Crippen molar-refractivity contribution in [3.05, 3.63) is 48.2 Å². The van der Waals surface area contributed by atoms with Gasteiger partial charge in [0.1, 0.15) is 11.6 Å². The number of benzene rings is 1. The molecule has 1 aromatic carbocycles. The van der Waals surface area contributed by atoms with Crippen LogP contribution in [0.4, 0.5) is 21.7 Å². The first-order chi connectivity index (χ1) is 9.69. The Labute approximate surface area is 115 Å². The van der Waals surface area contributed by atoms with Crippen LogP contribution < -0.4 is 10.6 Å². The monoisotopic (exact) mass is 271 g/mol. The van der Waals surface area contributed by atoms with Gasteiger partial charge in [-0.25, -0.2) is 14.4 Å². The maximum atomic E-state index is 13.9. The zero-order chi connectivity index (χ0) is 14.1. The summed E-state index contributed by atoms with van der Waals surface area (Å²) in [5.41, 5.74) is 1.87. The molecule has 6 heteroatoms. The summed E-state index contributed by atoms with van der Waals surface area (Å²) < 4.78 is 15.7. The molecule has 0 atom stereocenters. The Morgan fingerprint density at radius 1 is 1.30 bits per heavy atom. The molecule has 0 unspecified atom stereocenters. The van der Waals surface area contributed by atoms with E-state index in [0.29, 0.717) is 23.0 Å². The highest BCUT2D eigenvalue weighted by atomic mass is 19.1. The molecule has 20 heavy (non-hydrogen) atoms. The van der Waals surface area contributed by atoms with Crippen molar-refractivity contribution in [2.75, 3.05) is 17.7 Å². The Morgan fingerprint density at radius 2 is 2.15 bits per heavy atom. The average molecular weight is 271 g/mol. The smallest absolute Gasteiger partial charge is 0.180 e. The number of rotatable bonds is 3. The molecule has 0 spiro atoms. The first-order valence-corrected chi connectivity index (χ1v) is 6.22. The molecule has 0 aliphatic carbocycles. The van der Waals surface area contributed by atoms with Gasteiger partial charge in [0.15, 0.2) is 11.5 Å². The summed E-state index contributed by atoms with van der Waals surface area (Å²) in [6.07, 6.45) is 5.31. The normalized spacial score (nSPS) is 10.8. The number of imidazole rings is 1. The Balaban J connectivity index is 2.12. The number of para-hydroxylation sites is 1. The van der Waals surface area contributed by atoms with Crippen molar-refractivity contribution < 1.29 is 4.39 Å². The minimum atomic E-state index is -0.314. The van der Waals surface area contributed by atoms with Crippen molar-refractivity contribution in [3.8, 4) is 0 Å². The van der Waals surface area contributed by atoms with E-state index >= 15 is 0 Å². The van der Waals surface area contributed by atoms with Crippen LogP contribution in [0, 0.1) is 12.7 Å². The molecule has 2 heterocycles. The lowest BCUT2D eigenvalue weighted by atomic mass is 10.2. The Kier molecular flexibility index (Phi) is 2.98. The Bertz CT molecular complexity index is 745. The summed E-state index contributed by atoms with van der Waals surface area (Å²) in [5, 5.41) is 6.01. The van der Waals surface area contributed by atoms with Crippen LogP contribution in [0.5, 0.6) is 0 Å². The number of nitrogens with zero attached hydrogens (tertiary/aromatic N) is 3. The van der Waals surface area contributed by atoms with Gasteiger partial charge < -0.3 is 15.0 Å². The number of hydrogen-bond acceptors (Lipinski definition) is 4. The molecule has 3 aromatic rings. The van der Waals surface area contributed by atoms with Gasteiger partial charge in [-0.2, -0.15) is 0 Å². The van der Waals surface area contributed by atoms with Crippen molar-refractivity contribution in [2.24, 2.45) is 0 Å². The van der Waals surface area contributed by atoms with Gasteiger partial charge in [0, 0.05) is 19.4 Å². The quantitative estimate of drug-likeness (QED) is 0.769. The number of anilines is 3. The molecule has 0 bridgehead atoms. The molecule has 2 N–H and O–H groups in total. The summed E-state index contributed by atoms with van der Waals surface area (Å²) in [4.78, 5) is 8.63. The van der Waals surface area contributed by atoms with E-state index in [2.05, 4.69) is 20.6 Å². The molecule has 0 aliphatic rings. The second-order valence-corrected chi connectivity index (χ2v) is 4.44. The largest absolute Gasteiger partial charge is 0.372 e.